The maximum Gasteiger partial charge on any atom is 0.440 e. The smallest absolute Gasteiger partial charge is 0.440 e. The first-order valence-electron chi connectivity index (χ1n) is 8.62. The second-order valence-corrected chi connectivity index (χ2v) is 6.29. The van der Waals surface area contributed by atoms with Crippen LogP contribution in [0.25, 0.3) is 6.08 Å². The van der Waals surface area contributed by atoms with Gasteiger partial charge < -0.3 is 9.26 Å². The first-order valence-corrected chi connectivity index (χ1v) is 8.62. The Hall–Kier alpha value is -3.49. The number of allylic oxidation sites excluding steroid dienone is 1. The fourth-order valence-electron chi connectivity index (χ4n) is 2.57. The number of aromatic amines is 1. The van der Waals surface area contributed by atoms with Crippen LogP contribution in [-0.2, 0) is 12.8 Å². The van der Waals surface area contributed by atoms with Crippen molar-refractivity contribution in [3.8, 4) is 5.75 Å². The number of H-pyrrole nitrogens is 1. The molecule has 0 spiro atoms. The Kier molecular flexibility index (Phi) is 5.76. The highest BCUT2D eigenvalue weighted by atomic mass is 19.4. The van der Waals surface area contributed by atoms with Crippen LogP contribution in [0.1, 0.15) is 29.7 Å². The van der Waals surface area contributed by atoms with E-state index in [1.165, 1.54) is 6.07 Å². The van der Waals surface area contributed by atoms with Crippen LogP contribution < -0.4 is 16.2 Å². The van der Waals surface area contributed by atoms with Crippen LogP contribution in [-0.4, -0.2) is 9.72 Å². The second-order valence-electron chi connectivity index (χ2n) is 6.29. The number of halogens is 3. The number of nitrogens with one attached hydrogen (secondary N) is 1. The molecule has 3 aromatic rings. The Morgan fingerprint density at radius 2 is 1.90 bits per heavy atom. The minimum absolute atomic E-state index is 0.00553. The summed E-state index contributed by atoms with van der Waals surface area (Å²) in [4.78, 5) is 24.5. The molecule has 3 rings (SSSR count). The van der Waals surface area contributed by atoms with Crippen molar-refractivity contribution in [2.75, 3.05) is 0 Å². The van der Waals surface area contributed by atoms with Crippen molar-refractivity contribution in [1.29, 1.82) is 0 Å². The third-order valence-electron chi connectivity index (χ3n) is 4.07. The normalized spacial score (nSPS) is 13.0. The quantitative estimate of drug-likeness (QED) is 0.671. The van der Waals surface area contributed by atoms with E-state index in [4.69, 9.17) is 9.26 Å². The number of nitrogens with zero attached hydrogens (tertiary/aromatic N) is 1. The number of rotatable bonds is 6. The molecule has 1 atom stereocenters. The summed E-state index contributed by atoms with van der Waals surface area (Å²) >= 11 is 0. The van der Waals surface area contributed by atoms with Gasteiger partial charge in [0, 0.05) is 0 Å². The molecule has 0 radical (unpaired) electrons. The van der Waals surface area contributed by atoms with Gasteiger partial charge in [-0.05, 0) is 42.3 Å². The Morgan fingerprint density at radius 3 is 2.52 bits per heavy atom. The van der Waals surface area contributed by atoms with E-state index in [0.717, 1.165) is 22.4 Å². The number of hydrogen-bond acceptors (Lipinski definition) is 4. The van der Waals surface area contributed by atoms with Crippen molar-refractivity contribution in [2.24, 2.45) is 0 Å². The van der Waals surface area contributed by atoms with Gasteiger partial charge in [0.2, 0.25) is 0 Å². The number of ether oxygens (including phenoxy) is 1. The van der Waals surface area contributed by atoms with Crippen LogP contribution in [0.2, 0.25) is 0 Å². The number of hydrogen-bond donors (Lipinski definition) is 1. The minimum Gasteiger partial charge on any atom is -0.489 e. The molecule has 0 bridgehead atoms. The predicted molar refractivity (Wildman–Crippen MR) is 99.6 cm³/mol. The lowest BCUT2D eigenvalue weighted by Crippen LogP contribution is -2.18. The second kappa shape index (κ2) is 8.26. The van der Waals surface area contributed by atoms with Crippen LogP contribution in [0.5, 0.6) is 5.75 Å². The lowest BCUT2D eigenvalue weighted by molar-refractivity contribution is -0.137. The van der Waals surface area contributed by atoms with E-state index in [1.807, 2.05) is 4.98 Å². The summed E-state index contributed by atoms with van der Waals surface area (Å²) in [7, 11) is 0. The van der Waals surface area contributed by atoms with Crippen LogP contribution >= 0.6 is 0 Å². The summed E-state index contributed by atoms with van der Waals surface area (Å²) in [5.74, 6) is -0.321. The Labute approximate surface area is 162 Å². The summed E-state index contributed by atoms with van der Waals surface area (Å²) in [6, 6.07) is 11.4. The van der Waals surface area contributed by atoms with Crippen molar-refractivity contribution in [3.05, 3.63) is 92.3 Å². The highest BCUT2D eigenvalue weighted by molar-refractivity contribution is 5.51. The molecule has 152 valence electrons. The van der Waals surface area contributed by atoms with E-state index in [-0.39, 0.29) is 6.61 Å². The largest absolute Gasteiger partial charge is 0.489 e. The van der Waals surface area contributed by atoms with Gasteiger partial charge >= 0.3 is 17.6 Å². The molecule has 1 heterocycles. The molecule has 0 saturated heterocycles. The van der Waals surface area contributed by atoms with E-state index in [9.17, 15) is 22.8 Å². The molecule has 0 aliphatic carbocycles. The first kappa shape index (κ1) is 20.2. The van der Waals surface area contributed by atoms with Crippen molar-refractivity contribution in [2.45, 2.75) is 25.7 Å². The van der Waals surface area contributed by atoms with Crippen molar-refractivity contribution >= 4 is 6.08 Å². The zero-order chi connectivity index (χ0) is 21.0. The summed E-state index contributed by atoms with van der Waals surface area (Å²) in [5.41, 5.74) is -0.138. The molecule has 0 saturated carbocycles. The lowest BCUT2D eigenvalue weighted by atomic mass is 10.1. The van der Waals surface area contributed by atoms with Gasteiger partial charge in [-0.2, -0.15) is 13.2 Å². The van der Waals surface area contributed by atoms with Gasteiger partial charge in [-0.3, -0.25) is 0 Å². The van der Waals surface area contributed by atoms with Gasteiger partial charge in [-0.25, -0.2) is 14.6 Å². The zero-order valence-electron chi connectivity index (χ0n) is 15.3. The first-order chi connectivity index (χ1) is 13.7. The van der Waals surface area contributed by atoms with Gasteiger partial charge in [-0.1, -0.05) is 36.4 Å². The topological polar surface area (TPSA) is 77.2 Å². The fraction of sp³-hybridized carbons (Fsp3) is 0.200. The van der Waals surface area contributed by atoms with Crippen LogP contribution in [0.15, 0.2) is 68.7 Å². The number of aromatic nitrogens is 2. The van der Waals surface area contributed by atoms with Crippen molar-refractivity contribution < 1.29 is 22.4 Å². The summed E-state index contributed by atoms with van der Waals surface area (Å²) in [5, 5.41) is 0. The third kappa shape index (κ3) is 5.28. The van der Waals surface area contributed by atoms with Crippen molar-refractivity contribution in [3.63, 3.8) is 0 Å². The Morgan fingerprint density at radius 1 is 1.17 bits per heavy atom. The van der Waals surface area contributed by atoms with Crippen LogP contribution in [0, 0.1) is 0 Å². The monoisotopic (exact) mass is 406 g/mol. The molecule has 0 fully saturated rings. The molecule has 2 aromatic carbocycles. The molecule has 0 amide bonds. The van der Waals surface area contributed by atoms with Gasteiger partial charge in [0.05, 0.1) is 11.6 Å². The van der Waals surface area contributed by atoms with Gasteiger partial charge in [0.25, 0.3) is 0 Å². The van der Waals surface area contributed by atoms with E-state index in [2.05, 4.69) is 0 Å². The third-order valence-corrected chi connectivity index (χ3v) is 4.07. The van der Waals surface area contributed by atoms with Crippen LogP contribution in [0.3, 0.4) is 0 Å². The summed E-state index contributed by atoms with van der Waals surface area (Å²) in [6.45, 7) is 1.69. The van der Waals surface area contributed by atoms with Crippen LogP contribution in [0.4, 0.5) is 13.2 Å². The van der Waals surface area contributed by atoms with Crippen molar-refractivity contribution in [1.82, 2.24) is 9.72 Å². The number of benzene rings is 2. The molecule has 0 aliphatic rings. The van der Waals surface area contributed by atoms with E-state index in [0.29, 0.717) is 11.3 Å². The Bertz CT molecular complexity index is 1110. The fourth-order valence-corrected chi connectivity index (χ4v) is 2.57. The Balaban J connectivity index is 1.61. The molecule has 1 aromatic heterocycles. The molecule has 29 heavy (non-hydrogen) atoms. The maximum absolute atomic E-state index is 12.7. The number of alkyl halides is 3. The lowest BCUT2D eigenvalue weighted by Gasteiger charge is -2.10. The average molecular weight is 406 g/mol. The molecule has 1 N–H and O–H groups in total. The predicted octanol–water partition coefficient (Wildman–Crippen LogP) is 4.00. The molecular weight excluding hydrogens is 389 g/mol. The van der Waals surface area contributed by atoms with Gasteiger partial charge in [0.1, 0.15) is 12.4 Å². The van der Waals surface area contributed by atoms with E-state index >= 15 is 0 Å². The zero-order valence-corrected chi connectivity index (χ0v) is 15.3. The molecule has 1 unspecified atom stereocenters. The molecule has 6 nitrogen and oxygen atoms in total. The summed E-state index contributed by atoms with van der Waals surface area (Å²) in [6.07, 6.45) is -0.980. The molecule has 9 heteroatoms. The van der Waals surface area contributed by atoms with E-state index < -0.39 is 29.2 Å². The minimum atomic E-state index is -4.39. The highest BCUT2D eigenvalue weighted by Crippen LogP contribution is 2.29. The highest BCUT2D eigenvalue weighted by Gasteiger charge is 2.30. The van der Waals surface area contributed by atoms with Gasteiger partial charge in [-0.15, -0.1) is 4.74 Å². The van der Waals surface area contributed by atoms with E-state index in [1.54, 1.807) is 49.4 Å². The standard InChI is InChI=1S/C20H17F3N2O4/c1-13(25-18(26)24-19(27)29-25)5-6-14-7-9-17(10-8-14)28-12-15-3-2-4-16(11-15)20(21,22)23/h2-11,13H,12H2,1H3,(H,24,26,27)/b6-5+. The molecule has 0 aliphatic heterocycles. The molecular formula is C20H17F3N2O4. The maximum atomic E-state index is 12.7. The average Bonchev–Trinajstić information content (AvgIpc) is 3.03. The summed E-state index contributed by atoms with van der Waals surface area (Å²) < 4.78 is 49.4. The van der Waals surface area contributed by atoms with Gasteiger partial charge in [0.15, 0.2) is 0 Å². The SMILES string of the molecule is CC(/C=C/c1ccc(OCc2cccc(C(F)(F)F)c2)cc1)n1oc(=O)[nH]c1=O.